The lowest BCUT2D eigenvalue weighted by atomic mass is 10.1. The Morgan fingerprint density at radius 1 is 0.731 bits per heavy atom. The molecular formula is C39H48F6N4O3. The molecule has 0 bridgehead atoms. The van der Waals surface area contributed by atoms with Crippen LogP contribution in [0.5, 0.6) is 0 Å². The lowest BCUT2D eigenvalue weighted by Crippen LogP contribution is -2.60. The molecule has 0 aromatic heterocycles. The Bertz CT molecular complexity index is 1470. The molecular weight excluding hydrogens is 686 g/mol. The molecule has 7 nitrogen and oxygen atoms in total. The van der Waals surface area contributed by atoms with Crippen LogP contribution in [-0.4, -0.2) is 72.1 Å². The quantitative estimate of drug-likeness (QED) is 0.115. The second kappa shape index (κ2) is 19.0. The van der Waals surface area contributed by atoms with E-state index < -0.39 is 36.1 Å². The number of alkyl halides is 6. The topological polar surface area (TPSA) is 56.3 Å². The molecule has 1 aliphatic rings. The van der Waals surface area contributed by atoms with Gasteiger partial charge in [0.25, 0.3) is 0 Å². The lowest BCUT2D eigenvalue weighted by Gasteiger charge is -2.44. The molecule has 1 fully saturated rings. The van der Waals surface area contributed by atoms with Gasteiger partial charge in [0, 0.05) is 39.3 Å². The van der Waals surface area contributed by atoms with Crippen molar-refractivity contribution in [3.8, 4) is 0 Å². The standard InChI is InChI=1S/C39H48F6N4O3/c1-3-5-13-20-46(21-14-6-4-2)36(50)47-22-23-48(37(51)49(33-15-9-7-10-16-33)34-17-11-8-12-18-34)35(28-47)19-24-52-29-30-25-31(38(40,41)42)27-32(26-30)39(43,44)45/h7-12,15-18,25-27,35H,3-6,13-14,19-24,28-29H2,1-2H3. The van der Waals surface area contributed by atoms with Crippen LogP contribution in [0.3, 0.4) is 0 Å². The molecule has 1 aliphatic heterocycles. The van der Waals surface area contributed by atoms with E-state index >= 15 is 0 Å². The van der Waals surface area contributed by atoms with E-state index in [4.69, 9.17) is 4.74 Å². The Morgan fingerprint density at radius 2 is 1.25 bits per heavy atom. The van der Waals surface area contributed by atoms with Gasteiger partial charge in [0.2, 0.25) is 0 Å². The highest BCUT2D eigenvalue weighted by Crippen LogP contribution is 2.36. The Hall–Kier alpha value is -4.26. The van der Waals surface area contributed by atoms with Gasteiger partial charge in [0.15, 0.2) is 0 Å². The maximum absolute atomic E-state index is 14.5. The highest BCUT2D eigenvalue weighted by molar-refractivity contribution is 5.99. The number of unbranched alkanes of at least 4 members (excludes halogenated alkanes) is 4. The number of amides is 4. The van der Waals surface area contributed by atoms with Gasteiger partial charge in [-0.3, -0.25) is 4.90 Å². The number of rotatable bonds is 15. The summed E-state index contributed by atoms with van der Waals surface area (Å²) >= 11 is 0. The second-order valence-electron chi connectivity index (χ2n) is 13.0. The normalized spacial score (nSPS) is 15.1. The summed E-state index contributed by atoms with van der Waals surface area (Å²) in [6, 6.07) is 18.6. The summed E-state index contributed by atoms with van der Waals surface area (Å²) in [5, 5.41) is 0. The molecule has 1 atom stereocenters. The van der Waals surface area contributed by atoms with Gasteiger partial charge in [-0.2, -0.15) is 26.3 Å². The van der Waals surface area contributed by atoms with Crippen molar-refractivity contribution >= 4 is 23.4 Å². The van der Waals surface area contributed by atoms with Crippen LogP contribution in [0.1, 0.15) is 75.5 Å². The summed E-state index contributed by atoms with van der Waals surface area (Å²) in [7, 11) is 0. The van der Waals surface area contributed by atoms with Gasteiger partial charge < -0.3 is 19.4 Å². The first kappa shape index (κ1) is 40.5. The van der Waals surface area contributed by atoms with Crippen molar-refractivity contribution in [3.63, 3.8) is 0 Å². The maximum Gasteiger partial charge on any atom is 0.416 e. The second-order valence-corrected chi connectivity index (χ2v) is 13.0. The van der Waals surface area contributed by atoms with Gasteiger partial charge in [0.05, 0.1) is 35.2 Å². The first-order valence-electron chi connectivity index (χ1n) is 17.9. The van der Waals surface area contributed by atoms with Crippen molar-refractivity contribution in [2.75, 3.05) is 44.2 Å². The molecule has 284 valence electrons. The number of carbonyl (C=O) groups is 2. The molecule has 0 radical (unpaired) electrons. The minimum atomic E-state index is -4.97. The van der Waals surface area contributed by atoms with E-state index in [0.29, 0.717) is 43.1 Å². The van der Waals surface area contributed by atoms with Crippen LogP contribution in [0.25, 0.3) is 0 Å². The largest absolute Gasteiger partial charge is 0.416 e. The average molecular weight is 735 g/mol. The molecule has 0 aliphatic carbocycles. The molecule has 1 heterocycles. The fourth-order valence-electron chi connectivity index (χ4n) is 6.30. The zero-order valence-electron chi connectivity index (χ0n) is 29.8. The van der Waals surface area contributed by atoms with Gasteiger partial charge in [-0.05, 0) is 67.3 Å². The predicted molar refractivity (Wildman–Crippen MR) is 189 cm³/mol. The lowest BCUT2D eigenvalue weighted by molar-refractivity contribution is -0.143. The fourth-order valence-corrected chi connectivity index (χ4v) is 6.30. The molecule has 13 heteroatoms. The average Bonchev–Trinajstić information content (AvgIpc) is 3.12. The van der Waals surface area contributed by atoms with E-state index in [1.807, 2.05) is 65.6 Å². The van der Waals surface area contributed by atoms with Gasteiger partial charge in [-0.15, -0.1) is 0 Å². The molecule has 1 saturated heterocycles. The molecule has 3 aromatic rings. The number of piperazine rings is 1. The van der Waals surface area contributed by atoms with E-state index in [0.717, 1.165) is 38.5 Å². The Kier molecular flexibility index (Phi) is 14.8. The number of para-hydroxylation sites is 2. The van der Waals surface area contributed by atoms with Crippen molar-refractivity contribution in [3.05, 3.63) is 95.6 Å². The zero-order valence-corrected chi connectivity index (χ0v) is 29.8. The van der Waals surface area contributed by atoms with Gasteiger partial charge in [-0.1, -0.05) is 75.9 Å². The number of nitrogens with zero attached hydrogens (tertiary/aromatic N) is 4. The van der Waals surface area contributed by atoms with Crippen molar-refractivity contribution in [2.45, 2.75) is 83.8 Å². The Balaban J connectivity index is 1.57. The number of ether oxygens (including phenoxy) is 1. The minimum Gasteiger partial charge on any atom is -0.377 e. The van der Waals surface area contributed by atoms with Crippen LogP contribution in [0, 0.1) is 0 Å². The molecule has 52 heavy (non-hydrogen) atoms. The Morgan fingerprint density at radius 3 is 1.73 bits per heavy atom. The highest BCUT2D eigenvalue weighted by atomic mass is 19.4. The zero-order chi connectivity index (χ0) is 37.7. The third kappa shape index (κ3) is 11.4. The molecule has 0 saturated carbocycles. The van der Waals surface area contributed by atoms with Crippen LogP contribution < -0.4 is 4.90 Å². The molecule has 4 rings (SSSR count). The third-order valence-corrected chi connectivity index (χ3v) is 9.06. The minimum absolute atomic E-state index is 0.0819. The van der Waals surface area contributed by atoms with E-state index in [1.54, 1.807) is 14.7 Å². The summed E-state index contributed by atoms with van der Waals surface area (Å²) < 4.78 is 86.4. The van der Waals surface area contributed by atoms with E-state index in [-0.39, 0.29) is 49.8 Å². The number of hydrogen-bond donors (Lipinski definition) is 0. The number of carbonyl (C=O) groups excluding carboxylic acids is 2. The van der Waals surface area contributed by atoms with Crippen molar-refractivity contribution in [2.24, 2.45) is 0 Å². The summed E-state index contributed by atoms with van der Waals surface area (Å²) in [5.74, 6) is 0. The van der Waals surface area contributed by atoms with E-state index in [1.165, 1.54) is 0 Å². The summed E-state index contributed by atoms with van der Waals surface area (Å²) in [6.45, 7) is 5.55. The van der Waals surface area contributed by atoms with Crippen LogP contribution in [0.2, 0.25) is 0 Å². The molecule has 0 spiro atoms. The van der Waals surface area contributed by atoms with Gasteiger partial charge in [0.1, 0.15) is 0 Å². The van der Waals surface area contributed by atoms with Crippen molar-refractivity contribution in [1.82, 2.24) is 14.7 Å². The van der Waals surface area contributed by atoms with Crippen LogP contribution in [0.4, 0.5) is 47.3 Å². The fraction of sp³-hybridized carbons (Fsp3) is 0.487. The number of halogens is 6. The Labute approximate surface area is 302 Å². The number of hydrogen-bond acceptors (Lipinski definition) is 3. The van der Waals surface area contributed by atoms with Gasteiger partial charge in [-0.25, -0.2) is 9.59 Å². The number of urea groups is 2. The SMILES string of the molecule is CCCCCN(CCCCC)C(=O)N1CCN(C(=O)N(c2ccccc2)c2ccccc2)C(CCOCc2cc(C(F)(F)F)cc(C(F)(F)F)c2)C1. The van der Waals surface area contributed by atoms with Crippen LogP contribution in [0.15, 0.2) is 78.9 Å². The van der Waals surface area contributed by atoms with E-state index in [9.17, 15) is 35.9 Å². The first-order valence-corrected chi connectivity index (χ1v) is 17.9. The molecule has 1 unspecified atom stereocenters. The van der Waals surface area contributed by atoms with Gasteiger partial charge >= 0.3 is 24.4 Å². The molecule has 4 amide bonds. The monoisotopic (exact) mass is 734 g/mol. The van der Waals surface area contributed by atoms with Crippen molar-refractivity contribution < 1.29 is 40.7 Å². The van der Waals surface area contributed by atoms with Crippen molar-refractivity contribution in [1.29, 1.82) is 0 Å². The van der Waals surface area contributed by atoms with Crippen LogP contribution in [-0.2, 0) is 23.7 Å². The summed E-state index contributed by atoms with van der Waals surface area (Å²) in [6.07, 6.45) is -4.01. The number of benzene rings is 3. The smallest absolute Gasteiger partial charge is 0.377 e. The predicted octanol–water partition coefficient (Wildman–Crippen LogP) is 10.4. The molecule has 0 N–H and O–H groups in total. The highest BCUT2D eigenvalue weighted by Gasteiger charge is 2.38. The van der Waals surface area contributed by atoms with E-state index in [2.05, 4.69) is 13.8 Å². The first-order chi connectivity index (χ1) is 24.8. The third-order valence-electron chi connectivity index (χ3n) is 9.06. The summed E-state index contributed by atoms with van der Waals surface area (Å²) in [4.78, 5) is 35.3. The maximum atomic E-state index is 14.5. The summed E-state index contributed by atoms with van der Waals surface area (Å²) in [5.41, 5.74) is -1.83. The number of anilines is 2. The molecule has 3 aromatic carbocycles. The van der Waals surface area contributed by atoms with Crippen LogP contribution >= 0.6 is 0 Å².